The highest BCUT2D eigenvalue weighted by Crippen LogP contribution is 2.70. The van der Waals surface area contributed by atoms with E-state index in [0.29, 0.717) is 37.5 Å². The third kappa shape index (κ3) is 6.35. The fourth-order valence-electron chi connectivity index (χ4n) is 10.9. The molecule has 0 aromatic heterocycles. The second kappa shape index (κ2) is 13.8. The Morgan fingerprint density at radius 3 is 2.59 bits per heavy atom. The molecular weight excluding hydrogens is 586 g/mol. The van der Waals surface area contributed by atoms with Crippen molar-refractivity contribution in [2.75, 3.05) is 33.9 Å². The van der Waals surface area contributed by atoms with Crippen molar-refractivity contribution in [3.05, 3.63) is 0 Å². The zero-order valence-corrected chi connectivity index (χ0v) is 29.1. The summed E-state index contributed by atoms with van der Waals surface area (Å²) in [6.07, 6.45) is 12.6. The molecule has 10 atom stereocenters. The van der Waals surface area contributed by atoms with Crippen molar-refractivity contribution in [1.82, 2.24) is 15.5 Å². The lowest BCUT2D eigenvalue weighted by atomic mass is 9.42. The Kier molecular flexibility index (Phi) is 10.3. The first-order chi connectivity index (χ1) is 22.0. The molecule has 1 spiro atoms. The highest BCUT2D eigenvalue weighted by Gasteiger charge is 2.78. The number of aliphatic hydroxyl groups is 1. The molecule has 4 aliphatic carbocycles. The summed E-state index contributed by atoms with van der Waals surface area (Å²) in [6, 6.07) is -0.210. The molecular formula is C36H61N3O7. The molecule has 262 valence electrons. The first-order valence-corrected chi connectivity index (χ1v) is 18.5. The highest BCUT2D eigenvalue weighted by molar-refractivity contribution is 5.76. The molecule has 3 N–H and O–H groups in total. The molecule has 0 radical (unpaired) electrons. The molecule has 1 amide bonds. The van der Waals surface area contributed by atoms with E-state index < -0.39 is 17.7 Å². The average molecular weight is 648 g/mol. The molecule has 0 aromatic rings. The second-order valence-corrected chi connectivity index (χ2v) is 16.5. The molecule has 6 aliphatic rings. The van der Waals surface area contributed by atoms with Gasteiger partial charge in [-0.3, -0.25) is 10.1 Å². The van der Waals surface area contributed by atoms with Crippen LogP contribution in [0, 0.1) is 23.2 Å². The highest BCUT2D eigenvalue weighted by atomic mass is 16.6. The minimum atomic E-state index is -0.599. The van der Waals surface area contributed by atoms with Crippen LogP contribution in [-0.2, 0) is 23.7 Å². The Balaban J connectivity index is 1.12. The topological polar surface area (TPSA) is 119 Å². The number of carbonyl (C=O) groups is 2. The molecule has 10 heteroatoms. The summed E-state index contributed by atoms with van der Waals surface area (Å²) in [5, 5.41) is 17.9. The van der Waals surface area contributed by atoms with E-state index in [2.05, 4.69) is 22.6 Å². The molecule has 6 unspecified atom stereocenters. The van der Waals surface area contributed by atoms with Crippen LogP contribution in [0.5, 0.6) is 0 Å². The number of likely N-dealkylation sites (N-methyl/N-ethyl adjacent to an activating group) is 1. The number of aliphatic hydroxyl groups excluding tert-OH is 1. The number of hydrogen-bond donors (Lipinski definition) is 3. The van der Waals surface area contributed by atoms with Crippen molar-refractivity contribution < 1.29 is 33.6 Å². The van der Waals surface area contributed by atoms with Gasteiger partial charge in [0.2, 0.25) is 0 Å². The van der Waals surface area contributed by atoms with Crippen LogP contribution >= 0.6 is 0 Å². The number of rotatable bonds is 11. The predicted octanol–water partition coefficient (Wildman–Crippen LogP) is 4.56. The van der Waals surface area contributed by atoms with Crippen LogP contribution in [0.1, 0.15) is 111 Å². The number of amides is 1. The van der Waals surface area contributed by atoms with Crippen molar-refractivity contribution in [2.45, 2.75) is 158 Å². The molecule has 2 aliphatic heterocycles. The van der Waals surface area contributed by atoms with Crippen LogP contribution in [0.2, 0.25) is 0 Å². The Labute approximate surface area is 276 Å². The van der Waals surface area contributed by atoms with E-state index in [-0.39, 0.29) is 47.2 Å². The van der Waals surface area contributed by atoms with Gasteiger partial charge in [0.25, 0.3) is 0 Å². The normalized spacial score (nSPS) is 39.7. The quantitative estimate of drug-likeness (QED) is 0.219. The largest absolute Gasteiger partial charge is 0.459 e. The molecule has 2 bridgehead atoms. The van der Waals surface area contributed by atoms with Gasteiger partial charge in [0.05, 0.1) is 30.5 Å². The van der Waals surface area contributed by atoms with Gasteiger partial charge in [-0.1, -0.05) is 19.3 Å². The van der Waals surface area contributed by atoms with Crippen molar-refractivity contribution >= 4 is 12.1 Å². The van der Waals surface area contributed by atoms with E-state index in [1.54, 1.807) is 0 Å². The van der Waals surface area contributed by atoms with Crippen molar-refractivity contribution in [1.29, 1.82) is 0 Å². The number of carbonyl (C=O) groups excluding carboxylic acids is 2. The number of nitrogens with zero attached hydrogens (tertiary/aromatic N) is 1. The van der Waals surface area contributed by atoms with Gasteiger partial charge in [-0.15, -0.1) is 0 Å². The van der Waals surface area contributed by atoms with Crippen molar-refractivity contribution in [3.8, 4) is 0 Å². The number of ether oxygens (including phenoxy) is 4. The molecule has 46 heavy (non-hydrogen) atoms. The van der Waals surface area contributed by atoms with Crippen molar-refractivity contribution in [2.24, 2.45) is 23.2 Å². The van der Waals surface area contributed by atoms with Gasteiger partial charge in [-0.05, 0) is 117 Å². The molecule has 6 rings (SSSR count). The van der Waals surface area contributed by atoms with E-state index in [0.717, 1.165) is 70.8 Å². The molecule has 6 fully saturated rings. The van der Waals surface area contributed by atoms with Crippen molar-refractivity contribution in [3.63, 3.8) is 0 Å². The SMILES string of the molecule is CO[C@]12CCC(N[C@@H](CCCCNC(=O)OCC3CCCCC3)C(=O)OC(C)(C)C)[C@@H]3OC4C(O)CCC5CC1N(C)CC[C@]32C54. The van der Waals surface area contributed by atoms with Gasteiger partial charge in [0.1, 0.15) is 11.6 Å². The van der Waals surface area contributed by atoms with E-state index >= 15 is 0 Å². The Morgan fingerprint density at radius 1 is 1.07 bits per heavy atom. The van der Waals surface area contributed by atoms with Crippen LogP contribution < -0.4 is 10.6 Å². The molecule has 10 nitrogen and oxygen atoms in total. The van der Waals surface area contributed by atoms with Crippen LogP contribution in [0.25, 0.3) is 0 Å². The number of esters is 1. The Hall–Kier alpha value is -1.46. The smallest absolute Gasteiger partial charge is 0.407 e. The maximum absolute atomic E-state index is 13.7. The van der Waals surface area contributed by atoms with Gasteiger partial charge in [0, 0.05) is 37.1 Å². The number of piperidine rings is 1. The van der Waals surface area contributed by atoms with Gasteiger partial charge >= 0.3 is 12.1 Å². The van der Waals surface area contributed by atoms with Gasteiger partial charge in [-0.2, -0.15) is 0 Å². The summed E-state index contributed by atoms with van der Waals surface area (Å²) >= 11 is 0. The number of likely N-dealkylation sites (tertiary alicyclic amines) is 1. The lowest BCUT2D eigenvalue weighted by molar-refractivity contribution is -0.269. The summed E-state index contributed by atoms with van der Waals surface area (Å²) < 4.78 is 25.1. The maximum Gasteiger partial charge on any atom is 0.407 e. The van der Waals surface area contributed by atoms with Crippen LogP contribution in [-0.4, -0.2) is 104 Å². The lowest BCUT2D eigenvalue weighted by Gasteiger charge is -2.69. The molecule has 0 aromatic carbocycles. The van der Waals surface area contributed by atoms with Crippen LogP contribution in [0.4, 0.5) is 4.79 Å². The van der Waals surface area contributed by atoms with Gasteiger partial charge < -0.3 is 34.3 Å². The summed E-state index contributed by atoms with van der Waals surface area (Å²) in [5.74, 6) is 1.02. The van der Waals surface area contributed by atoms with E-state index in [9.17, 15) is 14.7 Å². The maximum atomic E-state index is 13.7. The molecule has 2 saturated heterocycles. The van der Waals surface area contributed by atoms with E-state index in [1.807, 2.05) is 27.9 Å². The standard InChI is InChI=1S/C36H61N3O7/c1-34(2,3)46-32(41)26(13-9-10-19-37-33(42)44-22-23-11-7-6-8-12-23)38-25-16-17-36(43-5)28-21-24-14-15-27(40)30-29(24)35(36,31(25)45-30)18-20-39(28)4/h23-31,38,40H,6-22H2,1-5H3,(H,37,42)/t24?,25?,26-,27?,28?,29?,30?,31-,35-,36+/m0/s1. The number of alkyl carbamates (subject to hydrolysis) is 1. The van der Waals surface area contributed by atoms with Gasteiger partial charge in [-0.25, -0.2) is 4.79 Å². The monoisotopic (exact) mass is 647 g/mol. The third-order valence-corrected chi connectivity index (χ3v) is 12.8. The predicted molar refractivity (Wildman–Crippen MR) is 174 cm³/mol. The fourth-order valence-corrected chi connectivity index (χ4v) is 10.9. The summed E-state index contributed by atoms with van der Waals surface area (Å²) in [7, 11) is 4.13. The molecule has 2 heterocycles. The Morgan fingerprint density at radius 2 is 1.85 bits per heavy atom. The first kappa shape index (κ1) is 34.4. The zero-order chi connectivity index (χ0) is 32.7. The minimum absolute atomic E-state index is 0.0470. The van der Waals surface area contributed by atoms with Crippen LogP contribution in [0.15, 0.2) is 0 Å². The number of methoxy groups -OCH3 is 1. The summed E-state index contributed by atoms with van der Waals surface area (Å²) in [6.45, 7) is 7.72. The molecule has 4 saturated carbocycles. The number of hydrogen-bond acceptors (Lipinski definition) is 9. The van der Waals surface area contributed by atoms with Gasteiger partial charge in [0.15, 0.2) is 0 Å². The average Bonchev–Trinajstić information content (AvgIpc) is 3.38. The second-order valence-electron chi connectivity index (χ2n) is 16.5. The van der Waals surface area contributed by atoms with Crippen LogP contribution in [0.3, 0.4) is 0 Å². The summed E-state index contributed by atoms with van der Waals surface area (Å²) in [5.41, 5.74) is -1.13. The number of unbranched alkanes of at least 4 members (excludes halogenated alkanes) is 1. The fraction of sp³-hybridized carbons (Fsp3) is 0.944. The van der Waals surface area contributed by atoms with E-state index in [1.165, 1.54) is 19.3 Å². The Bertz CT molecular complexity index is 1080. The summed E-state index contributed by atoms with van der Waals surface area (Å²) in [4.78, 5) is 28.5. The minimum Gasteiger partial charge on any atom is -0.459 e. The zero-order valence-electron chi connectivity index (χ0n) is 29.1. The number of nitrogens with one attached hydrogen (secondary N) is 2. The first-order valence-electron chi connectivity index (χ1n) is 18.5. The third-order valence-electron chi connectivity index (χ3n) is 12.8. The van der Waals surface area contributed by atoms with E-state index in [4.69, 9.17) is 18.9 Å². The lowest BCUT2D eigenvalue weighted by Crippen LogP contribution is -2.78.